The van der Waals surface area contributed by atoms with Crippen molar-refractivity contribution in [2.45, 2.75) is 20.0 Å². The summed E-state index contributed by atoms with van der Waals surface area (Å²) >= 11 is 1.79. The van der Waals surface area contributed by atoms with Crippen molar-refractivity contribution in [3.8, 4) is 11.1 Å². The normalized spacial score (nSPS) is 10.8. The van der Waals surface area contributed by atoms with Crippen molar-refractivity contribution < 1.29 is 0 Å². The highest BCUT2D eigenvalue weighted by molar-refractivity contribution is 7.10. The summed E-state index contributed by atoms with van der Waals surface area (Å²) in [6.45, 7) is 3.96. The molecule has 2 heterocycles. The molecule has 2 aromatic heterocycles. The van der Waals surface area contributed by atoms with Crippen LogP contribution in [-0.2, 0) is 13.1 Å². The minimum absolute atomic E-state index is 0.924. The molecule has 0 atom stereocenters. The van der Waals surface area contributed by atoms with Crippen LogP contribution in [0.15, 0.2) is 23.8 Å². The van der Waals surface area contributed by atoms with Crippen LogP contribution in [0.3, 0.4) is 0 Å². The third-order valence-corrected chi connectivity index (χ3v) is 3.23. The second kappa shape index (κ2) is 4.59. The Kier molecular flexibility index (Phi) is 3.18. The molecular weight excluding hydrogens is 206 g/mol. The van der Waals surface area contributed by atoms with Gasteiger partial charge in [0.25, 0.3) is 0 Å². The summed E-state index contributed by atoms with van der Waals surface area (Å²) in [7, 11) is 1.97. The van der Waals surface area contributed by atoms with Crippen LogP contribution in [0.2, 0.25) is 0 Å². The van der Waals surface area contributed by atoms with E-state index in [0.29, 0.717) is 0 Å². The van der Waals surface area contributed by atoms with E-state index in [4.69, 9.17) is 0 Å². The highest BCUT2D eigenvalue weighted by atomic mass is 32.1. The predicted molar refractivity (Wildman–Crippen MR) is 64.0 cm³/mol. The number of nitrogens with one attached hydrogen (secondary N) is 1. The molecule has 3 nitrogen and oxygen atoms in total. The van der Waals surface area contributed by atoms with E-state index in [1.165, 1.54) is 16.0 Å². The van der Waals surface area contributed by atoms with Crippen LogP contribution in [0, 0.1) is 0 Å². The molecule has 0 aliphatic rings. The lowest BCUT2D eigenvalue weighted by Crippen LogP contribution is -2.02. The van der Waals surface area contributed by atoms with Gasteiger partial charge in [-0.3, -0.25) is 4.68 Å². The van der Waals surface area contributed by atoms with E-state index in [1.807, 2.05) is 17.9 Å². The Bertz CT molecular complexity index is 430. The summed E-state index contributed by atoms with van der Waals surface area (Å²) in [5, 5.41) is 9.61. The van der Waals surface area contributed by atoms with E-state index >= 15 is 0 Å². The van der Waals surface area contributed by atoms with E-state index in [-0.39, 0.29) is 0 Å². The number of rotatable bonds is 4. The molecule has 0 radical (unpaired) electrons. The number of nitrogens with zero attached hydrogens (tertiary/aromatic N) is 2. The van der Waals surface area contributed by atoms with Crippen molar-refractivity contribution in [1.82, 2.24) is 15.1 Å². The Balaban J connectivity index is 2.21. The molecule has 0 unspecified atom stereocenters. The first-order valence-corrected chi connectivity index (χ1v) is 5.96. The minimum atomic E-state index is 0.924. The second-order valence-electron chi connectivity index (χ2n) is 3.42. The first kappa shape index (κ1) is 10.4. The smallest absolute Gasteiger partial charge is 0.0568 e. The van der Waals surface area contributed by atoms with E-state index < -0.39 is 0 Å². The fraction of sp³-hybridized carbons (Fsp3) is 0.364. The van der Waals surface area contributed by atoms with Crippen LogP contribution >= 0.6 is 11.3 Å². The third-order valence-electron chi connectivity index (χ3n) is 2.30. The summed E-state index contributed by atoms with van der Waals surface area (Å²) in [5.41, 5.74) is 2.47. The van der Waals surface area contributed by atoms with Gasteiger partial charge in [0.2, 0.25) is 0 Å². The molecule has 15 heavy (non-hydrogen) atoms. The van der Waals surface area contributed by atoms with Gasteiger partial charge in [-0.15, -0.1) is 11.3 Å². The first-order chi connectivity index (χ1) is 7.33. The zero-order valence-corrected chi connectivity index (χ0v) is 9.84. The number of aryl methyl sites for hydroxylation is 1. The quantitative estimate of drug-likeness (QED) is 0.859. The molecule has 0 spiro atoms. The number of hydrogen-bond donors (Lipinski definition) is 1. The maximum absolute atomic E-state index is 4.27. The maximum Gasteiger partial charge on any atom is 0.0568 e. The minimum Gasteiger partial charge on any atom is -0.315 e. The highest BCUT2D eigenvalue weighted by Crippen LogP contribution is 2.25. The Hall–Kier alpha value is -1.13. The van der Waals surface area contributed by atoms with Gasteiger partial charge in [0, 0.05) is 29.7 Å². The second-order valence-corrected chi connectivity index (χ2v) is 4.41. The Labute approximate surface area is 93.7 Å². The van der Waals surface area contributed by atoms with Crippen molar-refractivity contribution in [1.29, 1.82) is 0 Å². The fourth-order valence-electron chi connectivity index (χ4n) is 1.48. The predicted octanol–water partition coefficient (Wildman–Crippen LogP) is 2.35. The molecular formula is C11H15N3S. The molecule has 0 aliphatic carbocycles. The molecule has 0 amide bonds. The Morgan fingerprint density at radius 1 is 1.47 bits per heavy atom. The average Bonchev–Trinajstić information content (AvgIpc) is 2.85. The number of aromatic nitrogens is 2. The topological polar surface area (TPSA) is 29.9 Å². The van der Waals surface area contributed by atoms with Crippen molar-refractivity contribution in [3.05, 3.63) is 28.7 Å². The van der Waals surface area contributed by atoms with E-state index in [1.54, 1.807) is 11.3 Å². The molecule has 0 saturated carbocycles. The van der Waals surface area contributed by atoms with E-state index in [0.717, 1.165) is 13.1 Å². The van der Waals surface area contributed by atoms with Crippen LogP contribution in [-0.4, -0.2) is 16.8 Å². The maximum atomic E-state index is 4.27. The van der Waals surface area contributed by atoms with Gasteiger partial charge in [0.1, 0.15) is 0 Å². The Morgan fingerprint density at radius 2 is 2.33 bits per heavy atom. The molecule has 2 rings (SSSR count). The van der Waals surface area contributed by atoms with Gasteiger partial charge in [-0.25, -0.2) is 0 Å². The van der Waals surface area contributed by atoms with Crippen molar-refractivity contribution in [2.24, 2.45) is 0 Å². The van der Waals surface area contributed by atoms with Crippen LogP contribution in [0.25, 0.3) is 11.1 Å². The lowest BCUT2D eigenvalue weighted by atomic mass is 10.2. The third kappa shape index (κ3) is 2.27. The van der Waals surface area contributed by atoms with Crippen molar-refractivity contribution in [3.63, 3.8) is 0 Å². The summed E-state index contributed by atoms with van der Waals surface area (Å²) in [4.78, 5) is 1.36. The van der Waals surface area contributed by atoms with Gasteiger partial charge in [0.15, 0.2) is 0 Å². The first-order valence-electron chi connectivity index (χ1n) is 5.08. The van der Waals surface area contributed by atoms with Gasteiger partial charge >= 0.3 is 0 Å². The largest absolute Gasteiger partial charge is 0.315 e. The molecule has 80 valence electrons. The van der Waals surface area contributed by atoms with E-state index in [9.17, 15) is 0 Å². The zero-order chi connectivity index (χ0) is 10.7. The average molecular weight is 221 g/mol. The lowest BCUT2D eigenvalue weighted by Gasteiger charge is -1.92. The molecule has 2 aromatic rings. The van der Waals surface area contributed by atoms with Crippen molar-refractivity contribution >= 4 is 11.3 Å². The SMILES string of the molecule is CCn1cc(-c2csc(CNC)c2)cn1. The summed E-state index contributed by atoms with van der Waals surface area (Å²) in [5.74, 6) is 0. The van der Waals surface area contributed by atoms with Crippen LogP contribution in [0.4, 0.5) is 0 Å². The summed E-state index contributed by atoms with van der Waals surface area (Å²) in [6.07, 6.45) is 4.01. The molecule has 0 aliphatic heterocycles. The molecule has 0 aromatic carbocycles. The molecule has 0 fully saturated rings. The summed E-state index contributed by atoms with van der Waals surface area (Å²) < 4.78 is 1.95. The number of hydrogen-bond acceptors (Lipinski definition) is 3. The van der Waals surface area contributed by atoms with Gasteiger partial charge in [-0.1, -0.05) is 0 Å². The standard InChI is InChI=1S/C11H15N3S/c1-3-14-7-10(5-13-14)9-4-11(6-12-2)15-8-9/h4-5,7-8,12H,3,6H2,1-2H3. The monoisotopic (exact) mass is 221 g/mol. The lowest BCUT2D eigenvalue weighted by molar-refractivity contribution is 0.660. The molecule has 4 heteroatoms. The van der Waals surface area contributed by atoms with Gasteiger partial charge in [-0.2, -0.15) is 5.10 Å². The molecule has 0 saturated heterocycles. The van der Waals surface area contributed by atoms with Crippen LogP contribution < -0.4 is 5.32 Å². The van der Waals surface area contributed by atoms with Gasteiger partial charge in [0.05, 0.1) is 6.20 Å². The van der Waals surface area contributed by atoms with Gasteiger partial charge < -0.3 is 5.32 Å². The van der Waals surface area contributed by atoms with E-state index in [2.05, 4.69) is 35.0 Å². The van der Waals surface area contributed by atoms with Crippen molar-refractivity contribution in [2.75, 3.05) is 7.05 Å². The zero-order valence-electron chi connectivity index (χ0n) is 9.03. The molecule has 0 bridgehead atoms. The number of thiophene rings is 1. The van der Waals surface area contributed by atoms with Crippen LogP contribution in [0.1, 0.15) is 11.8 Å². The highest BCUT2D eigenvalue weighted by Gasteiger charge is 2.04. The fourth-order valence-corrected chi connectivity index (χ4v) is 2.39. The summed E-state index contributed by atoms with van der Waals surface area (Å²) in [6, 6.07) is 2.22. The Morgan fingerprint density at radius 3 is 3.00 bits per heavy atom. The molecule has 1 N–H and O–H groups in total. The van der Waals surface area contributed by atoms with Gasteiger partial charge in [-0.05, 0) is 31.0 Å². The van der Waals surface area contributed by atoms with Crippen LogP contribution in [0.5, 0.6) is 0 Å².